The van der Waals surface area contributed by atoms with Gasteiger partial charge in [0.25, 0.3) is 0 Å². The van der Waals surface area contributed by atoms with Gasteiger partial charge in [0, 0.05) is 25.6 Å². The van der Waals surface area contributed by atoms with Gasteiger partial charge in [0.2, 0.25) is 5.91 Å². The molecular weight excluding hydrogens is 319 g/mol. The minimum atomic E-state index is -0.327. The van der Waals surface area contributed by atoms with Gasteiger partial charge in [-0.1, -0.05) is 30.3 Å². The molecule has 0 radical (unpaired) electrons. The number of nitrogens with zero attached hydrogens (tertiary/aromatic N) is 1. The normalized spacial score (nSPS) is 10.7. The van der Waals surface area contributed by atoms with Gasteiger partial charge in [0.1, 0.15) is 11.6 Å². The van der Waals surface area contributed by atoms with E-state index in [2.05, 4.69) is 16.3 Å². The molecule has 0 aliphatic heterocycles. The van der Waals surface area contributed by atoms with Crippen molar-refractivity contribution < 1.29 is 13.9 Å². The van der Waals surface area contributed by atoms with E-state index in [0.717, 1.165) is 12.1 Å². The fourth-order valence-electron chi connectivity index (χ4n) is 2.49. The summed E-state index contributed by atoms with van der Waals surface area (Å²) in [5.74, 6) is 0.146. The molecule has 2 aromatic carbocycles. The van der Waals surface area contributed by atoms with Gasteiger partial charge in [-0.3, -0.25) is 4.79 Å². The Labute approximate surface area is 148 Å². The first-order valence-corrected chi connectivity index (χ1v) is 8.41. The van der Waals surface area contributed by atoms with Crippen molar-refractivity contribution in [2.24, 2.45) is 0 Å². The van der Waals surface area contributed by atoms with Gasteiger partial charge in [0.15, 0.2) is 0 Å². The van der Waals surface area contributed by atoms with E-state index in [0.29, 0.717) is 31.7 Å². The topological polar surface area (TPSA) is 41.6 Å². The van der Waals surface area contributed by atoms with E-state index in [1.165, 1.54) is 17.7 Å². The van der Waals surface area contributed by atoms with E-state index in [9.17, 15) is 9.18 Å². The fraction of sp³-hybridized carbons (Fsp3) is 0.350. The molecule has 0 unspecified atom stereocenters. The third-order valence-corrected chi connectivity index (χ3v) is 3.69. The van der Waals surface area contributed by atoms with Crippen LogP contribution in [-0.2, 0) is 17.9 Å². The molecule has 0 spiro atoms. The van der Waals surface area contributed by atoms with Crippen molar-refractivity contribution in [3.63, 3.8) is 0 Å². The van der Waals surface area contributed by atoms with E-state index < -0.39 is 0 Å². The van der Waals surface area contributed by atoms with Crippen molar-refractivity contribution >= 4 is 5.91 Å². The van der Waals surface area contributed by atoms with Crippen molar-refractivity contribution in [2.45, 2.75) is 25.9 Å². The van der Waals surface area contributed by atoms with Gasteiger partial charge in [-0.2, -0.15) is 0 Å². The number of rotatable bonds is 9. The number of benzene rings is 2. The summed E-state index contributed by atoms with van der Waals surface area (Å²) in [6.07, 6.45) is 0.965. The smallest absolute Gasteiger partial charge is 0.220 e. The summed E-state index contributed by atoms with van der Waals surface area (Å²) in [5, 5.41) is 2.95. The lowest BCUT2D eigenvalue weighted by molar-refractivity contribution is -0.121. The Balaban J connectivity index is 1.71. The number of carbonyl (C=O) groups excluding carboxylic acids is 1. The number of halogens is 1. The molecule has 1 amide bonds. The number of carbonyl (C=O) groups is 1. The van der Waals surface area contributed by atoms with Crippen molar-refractivity contribution in [3.05, 3.63) is 65.5 Å². The van der Waals surface area contributed by atoms with Gasteiger partial charge in [0.05, 0.1) is 6.61 Å². The van der Waals surface area contributed by atoms with Crippen LogP contribution in [0.25, 0.3) is 0 Å². The number of hydrogen-bond donors (Lipinski definition) is 1. The zero-order valence-electron chi connectivity index (χ0n) is 14.8. The Morgan fingerprint density at radius 1 is 1.12 bits per heavy atom. The first-order valence-electron chi connectivity index (χ1n) is 8.41. The molecule has 0 saturated carbocycles. The first kappa shape index (κ1) is 18.9. The van der Waals surface area contributed by atoms with Crippen LogP contribution in [0.1, 0.15) is 24.0 Å². The maximum atomic E-state index is 13.0. The van der Waals surface area contributed by atoms with Crippen LogP contribution in [0.4, 0.5) is 4.39 Å². The van der Waals surface area contributed by atoms with Crippen LogP contribution in [-0.4, -0.2) is 31.5 Å². The maximum Gasteiger partial charge on any atom is 0.220 e. The molecule has 0 atom stereocenters. The summed E-state index contributed by atoms with van der Waals surface area (Å²) in [7, 11) is 4.04. The molecule has 0 heterocycles. The largest absolute Gasteiger partial charge is 0.493 e. The van der Waals surface area contributed by atoms with E-state index in [1.807, 2.05) is 32.3 Å². The lowest BCUT2D eigenvalue weighted by Crippen LogP contribution is -2.24. The summed E-state index contributed by atoms with van der Waals surface area (Å²) >= 11 is 0. The van der Waals surface area contributed by atoms with Gasteiger partial charge in [-0.15, -0.1) is 0 Å². The Morgan fingerprint density at radius 3 is 2.60 bits per heavy atom. The monoisotopic (exact) mass is 344 g/mol. The highest BCUT2D eigenvalue weighted by Gasteiger charge is 2.06. The van der Waals surface area contributed by atoms with Crippen LogP contribution < -0.4 is 10.1 Å². The van der Waals surface area contributed by atoms with Gasteiger partial charge in [-0.05, 0) is 43.8 Å². The summed E-state index contributed by atoms with van der Waals surface area (Å²) in [6, 6.07) is 14.1. The second-order valence-electron chi connectivity index (χ2n) is 6.19. The maximum absolute atomic E-state index is 13.0. The third-order valence-electron chi connectivity index (χ3n) is 3.69. The molecule has 0 fully saturated rings. The average Bonchev–Trinajstić information content (AvgIpc) is 2.57. The molecule has 4 nitrogen and oxygen atoms in total. The lowest BCUT2D eigenvalue weighted by atomic mass is 10.1. The Morgan fingerprint density at radius 2 is 1.88 bits per heavy atom. The van der Waals surface area contributed by atoms with E-state index >= 15 is 0 Å². The van der Waals surface area contributed by atoms with Crippen molar-refractivity contribution in [2.75, 3.05) is 20.7 Å². The van der Waals surface area contributed by atoms with Crippen molar-refractivity contribution in [1.29, 1.82) is 0 Å². The van der Waals surface area contributed by atoms with Crippen LogP contribution in [0.2, 0.25) is 0 Å². The van der Waals surface area contributed by atoms with Gasteiger partial charge in [-0.25, -0.2) is 4.39 Å². The number of nitrogens with one attached hydrogen (secondary N) is 1. The molecule has 134 valence electrons. The van der Waals surface area contributed by atoms with Crippen LogP contribution in [0, 0.1) is 5.82 Å². The first-order chi connectivity index (χ1) is 12.0. The van der Waals surface area contributed by atoms with Crippen LogP contribution >= 0.6 is 0 Å². The minimum Gasteiger partial charge on any atom is -0.493 e. The van der Waals surface area contributed by atoms with E-state index in [-0.39, 0.29) is 11.7 Å². The number of hydrogen-bond acceptors (Lipinski definition) is 3. The van der Waals surface area contributed by atoms with Crippen molar-refractivity contribution in [1.82, 2.24) is 10.2 Å². The Bertz CT molecular complexity index is 689. The molecule has 0 aliphatic rings. The number of ether oxygens (including phenoxy) is 1. The zero-order valence-corrected chi connectivity index (χ0v) is 14.8. The molecule has 2 rings (SSSR count). The minimum absolute atomic E-state index is 0.0116. The SMILES string of the molecule is CN(C)Cc1ccccc1CNC(=O)CCCOc1cccc(F)c1. The van der Waals surface area contributed by atoms with E-state index in [4.69, 9.17) is 4.74 Å². The molecule has 1 N–H and O–H groups in total. The van der Waals surface area contributed by atoms with Crippen LogP contribution in [0.5, 0.6) is 5.75 Å². The molecule has 0 saturated heterocycles. The quantitative estimate of drug-likeness (QED) is 0.709. The standard InChI is InChI=1S/C20H25FN2O2/c1-23(2)15-17-8-4-3-7-16(17)14-22-20(24)11-6-12-25-19-10-5-9-18(21)13-19/h3-5,7-10,13H,6,11-12,14-15H2,1-2H3,(H,22,24). The summed E-state index contributed by atoms with van der Waals surface area (Å²) in [6.45, 7) is 1.75. The summed E-state index contributed by atoms with van der Waals surface area (Å²) < 4.78 is 18.5. The van der Waals surface area contributed by atoms with Gasteiger partial charge >= 0.3 is 0 Å². The Hall–Kier alpha value is -2.40. The summed E-state index contributed by atoms with van der Waals surface area (Å²) in [5.41, 5.74) is 2.34. The molecule has 2 aromatic rings. The highest BCUT2D eigenvalue weighted by molar-refractivity contribution is 5.75. The fourth-order valence-corrected chi connectivity index (χ4v) is 2.49. The van der Waals surface area contributed by atoms with Gasteiger partial charge < -0.3 is 15.0 Å². The molecule has 25 heavy (non-hydrogen) atoms. The number of amides is 1. The van der Waals surface area contributed by atoms with E-state index in [1.54, 1.807) is 12.1 Å². The van der Waals surface area contributed by atoms with Crippen LogP contribution in [0.15, 0.2) is 48.5 Å². The summed E-state index contributed by atoms with van der Waals surface area (Å²) in [4.78, 5) is 14.1. The highest BCUT2D eigenvalue weighted by Crippen LogP contribution is 2.13. The zero-order chi connectivity index (χ0) is 18.1. The van der Waals surface area contributed by atoms with Crippen molar-refractivity contribution in [3.8, 4) is 5.75 Å². The highest BCUT2D eigenvalue weighted by atomic mass is 19.1. The molecular formula is C20H25FN2O2. The predicted molar refractivity (Wildman–Crippen MR) is 96.8 cm³/mol. The molecule has 0 aliphatic carbocycles. The molecule has 0 bridgehead atoms. The lowest BCUT2D eigenvalue weighted by Gasteiger charge is -2.14. The average molecular weight is 344 g/mol. The second kappa shape index (κ2) is 9.79. The third kappa shape index (κ3) is 6.93. The second-order valence-corrected chi connectivity index (χ2v) is 6.19. The molecule has 5 heteroatoms. The van der Waals surface area contributed by atoms with Crippen LogP contribution in [0.3, 0.4) is 0 Å². The Kier molecular flexibility index (Phi) is 7.41. The predicted octanol–water partition coefficient (Wildman–Crippen LogP) is 3.36. The molecule has 0 aromatic heterocycles.